The summed E-state index contributed by atoms with van der Waals surface area (Å²) < 4.78 is 11.2. The van der Waals surface area contributed by atoms with Crippen LogP contribution in [0, 0.1) is 6.92 Å². The number of amides is 2. The molecule has 0 bridgehead atoms. The minimum atomic E-state index is -0.184. The van der Waals surface area contributed by atoms with Gasteiger partial charge in [-0.05, 0) is 19.1 Å². The average Bonchev–Trinajstić information content (AvgIpc) is 3.27. The van der Waals surface area contributed by atoms with E-state index in [0.717, 1.165) is 58.6 Å². The first-order valence-corrected chi connectivity index (χ1v) is 12.3. The van der Waals surface area contributed by atoms with Crippen molar-refractivity contribution < 1.29 is 14.1 Å². The fraction of sp³-hybridized carbons (Fsp3) is 0.360. The fourth-order valence-electron chi connectivity index (χ4n) is 3.77. The van der Waals surface area contributed by atoms with E-state index in [9.17, 15) is 4.79 Å². The molecule has 4 rings (SSSR count). The number of hydrogen-bond donors (Lipinski definition) is 1. The summed E-state index contributed by atoms with van der Waals surface area (Å²) in [5.74, 6) is 2.84. The molecule has 8 heteroatoms. The molecular formula is C25H30N4O3S. The van der Waals surface area contributed by atoms with E-state index >= 15 is 0 Å². The summed E-state index contributed by atoms with van der Waals surface area (Å²) in [4.78, 5) is 17.2. The molecule has 1 fully saturated rings. The molecule has 2 aromatic carbocycles. The molecule has 0 unspecified atom stereocenters. The second-order valence-electron chi connectivity index (χ2n) is 7.99. The minimum absolute atomic E-state index is 0.184. The zero-order valence-corrected chi connectivity index (χ0v) is 19.9. The Bertz CT molecular complexity index is 1030. The van der Waals surface area contributed by atoms with Gasteiger partial charge in [-0.3, -0.25) is 0 Å². The van der Waals surface area contributed by atoms with Crippen molar-refractivity contribution in [3.63, 3.8) is 0 Å². The van der Waals surface area contributed by atoms with E-state index in [1.54, 1.807) is 12.0 Å². The summed E-state index contributed by atoms with van der Waals surface area (Å²) >= 11 is 1.94. The lowest BCUT2D eigenvalue weighted by atomic mass is 10.1. The SMILES string of the molecule is COCCN(Cc1c(-c2ccccc2)noc1N1CCSCC1)C(=O)Nc1ccc(C)cc1. The Hall–Kier alpha value is -2.97. The molecule has 1 N–H and O–H groups in total. The molecule has 0 saturated carbocycles. The van der Waals surface area contributed by atoms with Gasteiger partial charge in [-0.15, -0.1) is 0 Å². The van der Waals surface area contributed by atoms with Crippen LogP contribution in [-0.2, 0) is 11.3 Å². The van der Waals surface area contributed by atoms with Gasteiger partial charge in [-0.1, -0.05) is 53.2 Å². The van der Waals surface area contributed by atoms with Gasteiger partial charge in [0.1, 0.15) is 5.69 Å². The molecule has 1 aromatic heterocycles. The van der Waals surface area contributed by atoms with E-state index in [1.807, 2.05) is 73.3 Å². The van der Waals surface area contributed by atoms with Crippen LogP contribution in [0.2, 0.25) is 0 Å². The van der Waals surface area contributed by atoms with Crippen molar-refractivity contribution in [1.82, 2.24) is 10.1 Å². The van der Waals surface area contributed by atoms with Crippen molar-refractivity contribution in [2.75, 3.05) is 55.1 Å². The van der Waals surface area contributed by atoms with Gasteiger partial charge < -0.3 is 24.4 Å². The second kappa shape index (κ2) is 11.2. The molecule has 174 valence electrons. The van der Waals surface area contributed by atoms with Crippen LogP contribution in [0.15, 0.2) is 59.1 Å². The van der Waals surface area contributed by atoms with Gasteiger partial charge in [0.15, 0.2) is 0 Å². The zero-order chi connectivity index (χ0) is 23.0. The number of hydrogen-bond acceptors (Lipinski definition) is 6. The fourth-order valence-corrected chi connectivity index (χ4v) is 4.67. The van der Waals surface area contributed by atoms with Crippen molar-refractivity contribution in [2.24, 2.45) is 0 Å². The Morgan fingerprint density at radius 2 is 1.88 bits per heavy atom. The third kappa shape index (κ3) is 5.89. The summed E-state index contributed by atoms with van der Waals surface area (Å²) in [6, 6.07) is 17.6. The Morgan fingerprint density at radius 3 is 2.58 bits per heavy atom. The van der Waals surface area contributed by atoms with Crippen LogP contribution < -0.4 is 10.2 Å². The number of urea groups is 1. The summed E-state index contributed by atoms with van der Waals surface area (Å²) in [6.07, 6.45) is 0. The minimum Gasteiger partial charge on any atom is -0.383 e. The van der Waals surface area contributed by atoms with Crippen LogP contribution in [0.25, 0.3) is 11.3 Å². The van der Waals surface area contributed by atoms with Crippen LogP contribution >= 0.6 is 11.8 Å². The number of benzene rings is 2. The number of aromatic nitrogens is 1. The highest BCUT2D eigenvalue weighted by molar-refractivity contribution is 7.99. The molecule has 0 radical (unpaired) electrons. The van der Waals surface area contributed by atoms with E-state index in [-0.39, 0.29) is 6.03 Å². The number of aryl methyl sites for hydroxylation is 1. The highest BCUT2D eigenvalue weighted by Crippen LogP contribution is 2.33. The monoisotopic (exact) mass is 466 g/mol. The highest BCUT2D eigenvalue weighted by Gasteiger charge is 2.27. The Balaban J connectivity index is 1.64. The van der Waals surface area contributed by atoms with Gasteiger partial charge in [0.2, 0.25) is 5.88 Å². The first-order chi connectivity index (χ1) is 16.2. The van der Waals surface area contributed by atoms with Gasteiger partial charge in [0.05, 0.1) is 18.7 Å². The number of carbonyl (C=O) groups is 1. The van der Waals surface area contributed by atoms with Crippen LogP contribution in [0.4, 0.5) is 16.4 Å². The smallest absolute Gasteiger partial charge is 0.322 e. The maximum atomic E-state index is 13.3. The first-order valence-electron chi connectivity index (χ1n) is 11.1. The molecule has 7 nitrogen and oxygen atoms in total. The number of anilines is 2. The topological polar surface area (TPSA) is 70.8 Å². The van der Waals surface area contributed by atoms with Crippen molar-refractivity contribution in [3.05, 3.63) is 65.7 Å². The van der Waals surface area contributed by atoms with E-state index in [1.165, 1.54) is 0 Å². The van der Waals surface area contributed by atoms with Gasteiger partial charge in [-0.25, -0.2) is 4.79 Å². The maximum Gasteiger partial charge on any atom is 0.322 e. The molecule has 0 aliphatic carbocycles. The quantitative estimate of drug-likeness (QED) is 0.510. The lowest BCUT2D eigenvalue weighted by Crippen LogP contribution is -2.38. The molecule has 2 heterocycles. The average molecular weight is 467 g/mol. The predicted molar refractivity (Wildman–Crippen MR) is 134 cm³/mol. The number of nitrogens with zero attached hydrogens (tertiary/aromatic N) is 3. The summed E-state index contributed by atoms with van der Waals surface area (Å²) in [6.45, 7) is 5.07. The Labute approximate surface area is 199 Å². The zero-order valence-electron chi connectivity index (χ0n) is 19.1. The third-order valence-corrected chi connectivity index (χ3v) is 6.56. The van der Waals surface area contributed by atoms with Gasteiger partial charge in [0.25, 0.3) is 0 Å². The van der Waals surface area contributed by atoms with Gasteiger partial charge in [-0.2, -0.15) is 11.8 Å². The highest BCUT2D eigenvalue weighted by atomic mass is 32.2. The van der Waals surface area contributed by atoms with Crippen molar-refractivity contribution in [1.29, 1.82) is 0 Å². The Morgan fingerprint density at radius 1 is 1.15 bits per heavy atom. The molecule has 1 aliphatic heterocycles. The number of nitrogens with one attached hydrogen (secondary N) is 1. The lowest BCUT2D eigenvalue weighted by molar-refractivity contribution is 0.153. The molecule has 1 aliphatic rings. The standard InChI is InChI=1S/C25H30N4O3S/c1-19-8-10-21(11-9-19)26-25(30)29(12-15-31-2)18-22-23(20-6-4-3-5-7-20)27-32-24(22)28-13-16-33-17-14-28/h3-11H,12-18H2,1-2H3,(H,26,30). The normalized spacial score (nSPS) is 13.7. The van der Waals surface area contributed by atoms with Gasteiger partial charge in [0, 0.05) is 49.5 Å². The molecule has 3 aromatic rings. The first kappa shape index (κ1) is 23.2. The van der Waals surface area contributed by atoms with Gasteiger partial charge >= 0.3 is 6.03 Å². The number of thioether (sulfide) groups is 1. The molecule has 0 spiro atoms. The summed E-state index contributed by atoms with van der Waals surface area (Å²) in [5, 5.41) is 7.45. The number of carbonyl (C=O) groups excluding carboxylic acids is 1. The van der Waals surface area contributed by atoms with E-state index in [2.05, 4.69) is 15.4 Å². The number of rotatable bonds is 8. The molecular weight excluding hydrogens is 436 g/mol. The van der Waals surface area contributed by atoms with Crippen molar-refractivity contribution in [2.45, 2.75) is 13.5 Å². The van der Waals surface area contributed by atoms with E-state index in [0.29, 0.717) is 19.7 Å². The van der Waals surface area contributed by atoms with Crippen LogP contribution in [0.1, 0.15) is 11.1 Å². The lowest BCUT2D eigenvalue weighted by Gasteiger charge is -2.28. The molecule has 1 saturated heterocycles. The molecule has 0 atom stereocenters. The number of methoxy groups -OCH3 is 1. The van der Waals surface area contributed by atoms with Crippen LogP contribution in [0.5, 0.6) is 0 Å². The maximum absolute atomic E-state index is 13.3. The number of ether oxygens (including phenoxy) is 1. The molecule has 2 amide bonds. The molecule has 33 heavy (non-hydrogen) atoms. The third-order valence-electron chi connectivity index (χ3n) is 5.62. The predicted octanol–water partition coefficient (Wildman–Crippen LogP) is 4.88. The van der Waals surface area contributed by atoms with Crippen LogP contribution in [0.3, 0.4) is 0 Å². The van der Waals surface area contributed by atoms with Crippen LogP contribution in [-0.4, -0.2) is 60.9 Å². The van der Waals surface area contributed by atoms with Crippen molar-refractivity contribution in [3.8, 4) is 11.3 Å². The van der Waals surface area contributed by atoms with E-state index < -0.39 is 0 Å². The van der Waals surface area contributed by atoms with Crippen molar-refractivity contribution >= 4 is 29.4 Å². The largest absolute Gasteiger partial charge is 0.383 e. The second-order valence-corrected chi connectivity index (χ2v) is 9.22. The Kier molecular flexibility index (Phi) is 7.91. The summed E-state index contributed by atoms with van der Waals surface area (Å²) in [5.41, 5.74) is 4.57. The van der Waals surface area contributed by atoms with E-state index in [4.69, 9.17) is 9.26 Å². The summed E-state index contributed by atoms with van der Waals surface area (Å²) in [7, 11) is 1.64.